The zero-order chi connectivity index (χ0) is 17.4. The van der Waals surface area contributed by atoms with Crippen molar-refractivity contribution in [3.63, 3.8) is 0 Å². The van der Waals surface area contributed by atoms with Gasteiger partial charge in [-0.25, -0.2) is 0 Å². The van der Waals surface area contributed by atoms with Crippen LogP contribution in [-0.4, -0.2) is 45.4 Å². The molecule has 7 nitrogen and oxygen atoms in total. The summed E-state index contributed by atoms with van der Waals surface area (Å²) in [6.45, 7) is 0.607. The molecular weight excluding hydrogens is 340 g/mol. The van der Waals surface area contributed by atoms with E-state index in [-0.39, 0.29) is 23.4 Å². The molecule has 0 saturated carbocycles. The van der Waals surface area contributed by atoms with Gasteiger partial charge in [-0.1, -0.05) is 17.7 Å². The minimum atomic E-state index is -0.244. The lowest BCUT2D eigenvalue weighted by Crippen LogP contribution is -2.31. The Balaban J connectivity index is 1.60. The summed E-state index contributed by atoms with van der Waals surface area (Å²) in [4.78, 5) is 15.7. The van der Waals surface area contributed by atoms with Gasteiger partial charge in [-0.15, -0.1) is 15.0 Å². The minimum absolute atomic E-state index is 0.212. The number of tetrazole rings is 1. The largest absolute Gasteiger partial charge is 0.468 e. The summed E-state index contributed by atoms with van der Waals surface area (Å²) in [5.74, 6) is 0.482. The molecule has 1 aliphatic heterocycles. The Bertz CT molecular complexity index is 925. The van der Waals surface area contributed by atoms with E-state index in [9.17, 15) is 4.79 Å². The van der Waals surface area contributed by atoms with Gasteiger partial charge in [0.2, 0.25) is 0 Å². The van der Waals surface area contributed by atoms with Crippen molar-refractivity contribution in [1.29, 1.82) is 0 Å². The average molecular weight is 354 g/mol. The van der Waals surface area contributed by atoms with Gasteiger partial charge in [0, 0.05) is 17.2 Å². The number of likely N-dealkylation sites (tertiary alicyclic amines) is 1. The van der Waals surface area contributed by atoms with Crippen molar-refractivity contribution in [1.82, 2.24) is 25.1 Å². The zero-order valence-electron chi connectivity index (χ0n) is 13.2. The van der Waals surface area contributed by atoms with Gasteiger partial charge < -0.3 is 9.32 Å². The second-order valence-electron chi connectivity index (χ2n) is 5.78. The third kappa shape index (κ3) is 3.05. The SMILES string of the molecule is [B]c1ccc(C(=O)N2CCCC2c2nnn(-c3cccc(Cl)c3)n2)o1. The van der Waals surface area contributed by atoms with Gasteiger partial charge in [0.15, 0.2) is 19.4 Å². The number of amides is 1. The highest BCUT2D eigenvalue weighted by molar-refractivity contribution is 6.30. The molecule has 9 heteroatoms. The maximum Gasteiger partial charge on any atom is 0.290 e. The third-order valence-electron chi connectivity index (χ3n) is 4.12. The van der Waals surface area contributed by atoms with Crippen molar-refractivity contribution in [3.8, 4) is 5.69 Å². The molecule has 1 aliphatic rings. The van der Waals surface area contributed by atoms with E-state index in [0.717, 1.165) is 12.8 Å². The molecule has 1 aromatic carbocycles. The van der Waals surface area contributed by atoms with Crippen LogP contribution in [0.3, 0.4) is 0 Å². The lowest BCUT2D eigenvalue weighted by molar-refractivity contribution is 0.0699. The molecule has 0 bridgehead atoms. The van der Waals surface area contributed by atoms with E-state index in [1.807, 2.05) is 12.1 Å². The highest BCUT2D eigenvalue weighted by Gasteiger charge is 2.34. The Morgan fingerprint density at radius 2 is 2.20 bits per heavy atom. The highest BCUT2D eigenvalue weighted by Crippen LogP contribution is 2.31. The summed E-state index contributed by atoms with van der Waals surface area (Å²) in [5, 5.41) is 13.2. The molecule has 1 unspecified atom stereocenters. The summed E-state index contributed by atoms with van der Waals surface area (Å²) < 4.78 is 5.24. The number of hydrogen-bond donors (Lipinski definition) is 0. The van der Waals surface area contributed by atoms with Crippen LogP contribution in [-0.2, 0) is 0 Å². The number of halogens is 1. The predicted molar refractivity (Wildman–Crippen MR) is 91.3 cm³/mol. The monoisotopic (exact) mass is 353 g/mol. The molecule has 0 N–H and O–H groups in total. The first-order chi connectivity index (χ1) is 12.1. The van der Waals surface area contributed by atoms with Crippen LogP contribution < -0.4 is 5.66 Å². The second-order valence-corrected chi connectivity index (χ2v) is 6.21. The quantitative estimate of drug-likeness (QED) is 0.670. The van der Waals surface area contributed by atoms with Crippen LogP contribution >= 0.6 is 11.6 Å². The molecule has 0 aliphatic carbocycles. The van der Waals surface area contributed by atoms with Crippen molar-refractivity contribution in [2.45, 2.75) is 18.9 Å². The highest BCUT2D eigenvalue weighted by atomic mass is 35.5. The summed E-state index contributed by atoms with van der Waals surface area (Å²) in [5.41, 5.74) is 0.921. The van der Waals surface area contributed by atoms with Crippen molar-refractivity contribution < 1.29 is 9.21 Å². The van der Waals surface area contributed by atoms with Crippen LogP contribution in [0.1, 0.15) is 35.3 Å². The number of benzene rings is 1. The third-order valence-corrected chi connectivity index (χ3v) is 4.35. The Kier molecular flexibility index (Phi) is 4.05. The van der Waals surface area contributed by atoms with Crippen molar-refractivity contribution in [2.24, 2.45) is 0 Å². The van der Waals surface area contributed by atoms with Crippen LogP contribution in [0.2, 0.25) is 5.02 Å². The fourth-order valence-corrected chi connectivity index (χ4v) is 3.14. The molecule has 1 fully saturated rings. The number of aromatic nitrogens is 4. The van der Waals surface area contributed by atoms with Crippen LogP contribution in [0.5, 0.6) is 0 Å². The predicted octanol–water partition coefficient (Wildman–Crippen LogP) is 1.68. The Morgan fingerprint density at radius 3 is 2.96 bits per heavy atom. The molecule has 25 heavy (non-hydrogen) atoms. The van der Waals surface area contributed by atoms with Crippen LogP contribution in [0.15, 0.2) is 40.8 Å². The van der Waals surface area contributed by atoms with Crippen LogP contribution in [0, 0.1) is 0 Å². The molecule has 3 aromatic rings. The molecule has 1 amide bonds. The van der Waals surface area contributed by atoms with Gasteiger partial charge in [-0.2, -0.15) is 0 Å². The van der Waals surface area contributed by atoms with E-state index in [2.05, 4.69) is 15.4 Å². The molecule has 2 radical (unpaired) electrons. The molecule has 4 rings (SSSR count). The molecule has 0 spiro atoms. The van der Waals surface area contributed by atoms with E-state index in [0.29, 0.717) is 23.1 Å². The van der Waals surface area contributed by atoms with E-state index in [1.165, 1.54) is 4.80 Å². The summed E-state index contributed by atoms with van der Waals surface area (Å²) >= 11 is 6.00. The molecule has 1 saturated heterocycles. The lowest BCUT2D eigenvalue weighted by atomic mass is 10.1. The first kappa shape index (κ1) is 15.9. The topological polar surface area (TPSA) is 77.1 Å². The lowest BCUT2D eigenvalue weighted by Gasteiger charge is -2.20. The first-order valence-corrected chi connectivity index (χ1v) is 8.22. The van der Waals surface area contributed by atoms with E-state index in [1.54, 1.807) is 29.2 Å². The van der Waals surface area contributed by atoms with Crippen molar-refractivity contribution in [3.05, 3.63) is 53.0 Å². The standard InChI is InChI=1S/C16H13BClN5O2/c17-14-7-6-13(25-14)16(24)22-8-2-5-12(22)15-19-21-23(20-15)11-4-1-3-10(18)9-11/h1,3-4,6-7,9,12H,2,5,8H2. The summed E-state index contributed by atoms with van der Waals surface area (Å²) in [6.07, 6.45) is 1.63. The Labute approximate surface area is 150 Å². The molecule has 1 atom stereocenters. The van der Waals surface area contributed by atoms with Gasteiger partial charge in [0.05, 0.1) is 11.7 Å². The van der Waals surface area contributed by atoms with Crippen molar-refractivity contribution in [2.75, 3.05) is 6.54 Å². The molecular formula is C16H13BClN5O2. The number of carbonyl (C=O) groups excluding carboxylic acids is 1. The van der Waals surface area contributed by atoms with Gasteiger partial charge >= 0.3 is 0 Å². The number of furan rings is 1. The fraction of sp³-hybridized carbons (Fsp3) is 0.250. The molecule has 2 aromatic heterocycles. The molecule has 3 heterocycles. The van der Waals surface area contributed by atoms with Crippen molar-refractivity contribution >= 4 is 31.0 Å². The number of carbonyl (C=O) groups is 1. The van der Waals surface area contributed by atoms with E-state index >= 15 is 0 Å². The number of hydrogen-bond acceptors (Lipinski definition) is 5. The van der Waals surface area contributed by atoms with E-state index < -0.39 is 0 Å². The Morgan fingerprint density at radius 1 is 1.32 bits per heavy atom. The molecule has 124 valence electrons. The summed E-state index contributed by atoms with van der Waals surface area (Å²) in [6, 6.07) is 10.1. The first-order valence-electron chi connectivity index (χ1n) is 7.84. The van der Waals surface area contributed by atoms with Gasteiger partial charge in [-0.3, -0.25) is 4.79 Å². The number of nitrogens with zero attached hydrogens (tertiary/aromatic N) is 5. The van der Waals surface area contributed by atoms with Gasteiger partial charge in [0.1, 0.15) is 0 Å². The van der Waals surface area contributed by atoms with Crippen LogP contribution in [0.25, 0.3) is 5.69 Å². The van der Waals surface area contributed by atoms with Gasteiger partial charge in [0.25, 0.3) is 5.91 Å². The Hall–Kier alpha value is -2.61. The minimum Gasteiger partial charge on any atom is -0.468 e. The number of rotatable bonds is 3. The summed E-state index contributed by atoms with van der Waals surface area (Å²) in [7, 11) is 5.55. The normalized spacial score (nSPS) is 17.2. The zero-order valence-corrected chi connectivity index (χ0v) is 13.9. The van der Waals surface area contributed by atoms with Gasteiger partial charge in [-0.05, 0) is 48.4 Å². The smallest absolute Gasteiger partial charge is 0.290 e. The van der Waals surface area contributed by atoms with Crippen LogP contribution in [0.4, 0.5) is 0 Å². The second kappa shape index (κ2) is 6.36. The average Bonchev–Trinajstić information content (AvgIpc) is 3.34. The fourth-order valence-electron chi connectivity index (χ4n) is 2.96. The maximum absolute atomic E-state index is 12.6. The van der Waals surface area contributed by atoms with E-state index in [4.69, 9.17) is 23.9 Å². The maximum atomic E-state index is 12.6.